The van der Waals surface area contributed by atoms with Gasteiger partial charge in [0.05, 0.1) is 18.6 Å². The summed E-state index contributed by atoms with van der Waals surface area (Å²) < 4.78 is 6.11. The number of aromatic nitrogens is 1. The molecule has 21 heavy (non-hydrogen) atoms. The van der Waals surface area contributed by atoms with E-state index in [4.69, 9.17) is 4.74 Å². The molecule has 2 aliphatic heterocycles. The van der Waals surface area contributed by atoms with E-state index in [1.54, 1.807) is 12.4 Å². The average molecular weight is 288 g/mol. The van der Waals surface area contributed by atoms with Crippen LogP contribution in [0.5, 0.6) is 0 Å². The van der Waals surface area contributed by atoms with Gasteiger partial charge in [0.2, 0.25) is 5.91 Å². The first kappa shape index (κ1) is 14.5. The van der Waals surface area contributed by atoms with E-state index in [0.717, 1.165) is 44.5 Å². The summed E-state index contributed by atoms with van der Waals surface area (Å²) in [5.74, 6) is 0.865. The van der Waals surface area contributed by atoms with Crippen LogP contribution in [-0.4, -0.2) is 41.1 Å². The molecule has 4 nitrogen and oxygen atoms in total. The van der Waals surface area contributed by atoms with Crippen LogP contribution in [0.15, 0.2) is 24.5 Å². The Morgan fingerprint density at radius 3 is 3.19 bits per heavy atom. The summed E-state index contributed by atoms with van der Waals surface area (Å²) in [6, 6.07) is 3.84. The van der Waals surface area contributed by atoms with Crippen molar-refractivity contribution in [3.05, 3.63) is 30.1 Å². The number of amides is 1. The SMILES string of the molecule is CC[C@@H]1CO[C@@]2(CCCN(C(=O)Cc3cccnc3)C2)C1. The van der Waals surface area contributed by atoms with Crippen molar-refractivity contribution in [3.63, 3.8) is 0 Å². The Morgan fingerprint density at radius 1 is 1.57 bits per heavy atom. The maximum absolute atomic E-state index is 12.5. The van der Waals surface area contributed by atoms with E-state index in [9.17, 15) is 4.79 Å². The smallest absolute Gasteiger partial charge is 0.227 e. The van der Waals surface area contributed by atoms with E-state index in [-0.39, 0.29) is 11.5 Å². The van der Waals surface area contributed by atoms with Crippen LogP contribution >= 0.6 is 0 Å². The topological polar surface area (TPSA) is 42.4 Å². The number of rotatable bonds is 3. The monoisotopic (exact) mass is 288 g/mol. The highest BCUT2D eigenvalue weighted by molar-refractivity contribution is 5.78. The Bertz CT molecular complexity index is 491. The quantitative estimate of drug-likeness (QED) is 0.858. The first-order valence-electron chi connectivity index (χ1n) is 8.01. The fraction of sp³-hybridized carbons (Fsp3) is 0.647. The number of nitrogens with zero attached hydrogens (tertiary/aromatic N) is 2. The maximum atomic E-state index is 12.5. The molecule has 1 aromatic rings. The van der Waals surface area contributed by atoms with Crippen molar-refractivity contribution in [1.82, 2.24) is 9.88 Å². The zero-order chi connectivity index (χ0) is 14.7. The molecule has 0 saturated carbocycles. The first-order valence-corrected chi connectivity index (χ1v) is 8.01. The van der Waals surface area contributed by atoms with Gasteiger partial charge in [-0.2, -0.15) is 0 Å². The predicted octanol–water partition coefficient (Wildman–Crippen LogP) is 2.43. The van der Waals surface area contributed by atoms with Crippen LogP contribution in [0.25, 0.3) is 0 Å². The lowest BCUT2D eigenvalue weighted by atomic mass is 9.85. The van der Waals surface area contributed by atoms with E-state index in [1.807, 2.05) is 17.0 Å². The molecule has 3 rings (SSSR count). The number of carbonyl (C=O) groups is 1. The molecular weight excluding hydrogens is 264 g/mol. The minimum atomic E-state index is -0.0659. The third-order valence-electron chi connectivity index (χ3n) is 4.83. The molecule has 0 radical (unpaired) electrons. The number of hydrogen-bond donors (Lipinski definition) is 0. The second-order valence-electron chi connectivity index (χ2n) is 6.43. The molecule has 0 aliphatic carbocycles. The van der Waals surface area contributed by atoms with Gasteiger partial charge in [0.15, 0.2) is 0 Å². The van der Waals surface area contributed by atoms with Crippen LogP contribution in [0.2, 0.25) is 0 Å². The number of piperidine rings is 1. The zero-order valence-electron chi connectivity index (χ0n) is 12.8. The lowest BCUT2D eigenvalue weighted by Gasteiger charge is -2.40. The fourth-order valence-corrected chi connectivity index (χ4v) is 3.59. The molecule has 2 saturated heterocycles. The molecule has 4 heteroatoms. The minimum Gasteiger partial charge on any atom is -0.373 e. The summed E-state index contributed by atoms with van der Waals surface area (Å²) in [5.41, 5.74) is 0.921. The Morgan fingerprint density at radius 2 is 2.48 bits per heavy atom. The minimum absolute atomic E-state index is 0.0659. The van der Waals surface area contributed by atoms with Gasteiger partial charge in [-0.05, 0) is 36.8 Å². The summed E-state index contributed by atoms with van der Waals surface area (Å²) in [7, 11) is 0. The molecule has 0 N–H and O–H groups in total. The van der Waals surface area contributed by atoms with Crippen LogP contribution < -0.4 is 0 Å². The van der Waals surface area contributed by atoms with Crippen molar-refractivity contribution >= 4 is 5.91 Å². The number of hydrogen-bond acceptors (Lipinski definition) is 3. The van der Waals surface area contributed by atoms with Gasteiger partial charge < -0.3 is 9.64 Å². The molecule has 0 aromatic carbocycles. The summed E-state index contributed by atoms with van der Waals surface area (Å²) >= 11 is 0. The number of pyridine rings is 1. The van der Waals surface area contributed by atoms with Crippen LogP contribution in [-0.2, 0) is 16.0 Å². The van der Waals surface area contributed by atoms with Gasteiger partial charge in [-0.1, -0.05) is 19.4 Å². The second kappa shape index (κ2) is 6.14. The van der Waals surface area contributed by atoms with Crippen LogP contribution in [0, 0.1) is 5.92 Å². The molecule has 1 amide bonds. The summed E-state index contributed by atoms with van der Waals surface area (Å²) in [6.07, 6.45) is 8.39. The summed E-state index contributed by atoms with van der Waals surface area (Å²) in [5, 5.41) is 0. The van der Waals surface area contributed by atoms with Gasteiger partial charge in [0.1, 0.15) is 0 Å². The van der Waals surface area contributed by atoms with Gasteiger partial charge in [-0.25, -0.2) is 0 Å². The lowest BCUT2D eigenvalue weighted by Crippen LogP contribution is -2.50. The van der Waals surface area contributed by atoms with E-state index in [1.165, 1.54) is 6.42 Å². The van der Waals surface area contributed by atoms with Gasteiger partial charge in [-0.15, -0.1) is 0 Å². The van der Waals surface area contributed by atoms with Crippen molar-refractivity contribution in [3.8, 4) is 0 Å². The average Bonchev–Trinajstić information content (AvgIpc) is 2.91. The van der Waals surface area contributed by atoms with Crippen LogP contribution in [0.3, 0.4) is 0 Å². The van der Waals surface area contributed by atoms with E-state index < -0.39 is 0 Å². The highest BCUT2D eigenvalue weighted by Crippen LogP contribution is 2.38. The highest BCUT2D eigenvalue weighted by Gasteiger charge is 2.43. The number of likely N-dealkylation sites (tertiary alicyclic amines) is 1. The van der Waals surface area contributed by atoms with E-state index in [2.05, 4.69) is 11.9 Å². The van der Waals surface area contributed by atoms with Crippen molar-refractivity contribution in [2.45, 2.75) is 44.6 Å². The second-order valence-corrected chi connectivity index (χ2v) is 6.43. The molecule has 3 heterocycles. The molecule has 1 aromatic heterocycles. The molecule has 2 atom stereocenters. The molecule has 2 fully saturated rings. The standard InChI is InChI=1S/C17H24N2O2/c1-2-14-10-17(21-12-14)6-4-8-19(13-17)16(20)9-15-5-3-7-18-11-15/h3,5,7,11,14H,2,4,6,8-10,12-13H2,1H3/t14-,17-/m0/s1. The molecule has 114 valence electrons. The Kier molecular flexibility index (Phi) is 4.24. The third-order valence-corrected chi connectivity index (χ3v) is 4.83. The van der Waals surface area contributed by atoms with Crippen molar-refractivity contribution in [2.24, 2.45) is 5.92 Å². The predicted molar refractivity (Wildman–Crippen MR) is 80.8 cm³/mol. The van der Waals surface area contributed by atoms with Crippen molar-refractivity contribution < 1.29 is 9.53 Å². The Balaban J connectivity index is 1.62. The Hall–Kier alpha value is -1.42. The van der Waals surface area contributed by atoms with Gasteiger partial charge in [0.25, 0.3) is 0 Å². The number of carbonyl (C=O) groups excluding carboxylic acids is 1. The van der Waals surface area contributed by atoms with Crippen LogP contribution in [0.4, 0.5) is 0 Å². The molecule has 2 aliphatic rings. The Labute approximate surface area is 126 Å². The van der Waals surface area contributed by atoms with Crippen LogP contribution in [0.1, 0.15) is 38.2 Å². The lowest BCUT2D eigenvalue weighted by molar-refractivity contribution is -0.138. The summed E-state index contributed by atoms with van der Waals surface area (Å²) in [6.45, 7) is 4.71. The highest BCUT2D eigenvalue weighted by atomic mass is 16.5. The summed E-state index contributed by atoms with van der Waals surface area (Å²) in [4.78, 5) is 18.6. The number of ether oxygens (including phenoxy) is 1. The van der Waals surface area contributed by atoms with Crippen molar-refractivity contribution in [2.75, 3.05) is 19.7 Å². The fourth-order valence-electron chi connectivity index (χ4n) is 3.59. The maximum Gasteiger partial charge on any atom is 0.227 e. The van der Waals surface area contributed by atoms with Gasteiger partial charge >= 0.3 is 0 Å². The third kappa shape index (κ3) is 3.26. The van der Waals surface area contributed by atoms with E-state index in [0.29, 0.717) is 12.3 Å². The molecule has 0 bridgehead atoms. The molecule has 0 unspecified atom stereocenters. The van der Waals surface area contributed by atoms with Gasteiger partial charge in [0, 0.05) is 25.5 Å². The largest absolute Gasteiger partial charge is 0.373 e. The zero-order valence-corrected chi connectivity index (χ0v) is 12.8. The first-order chi connectivity index (χ1) is 10.2. The molecular formula is C17H24N2O2. The van der Waals surface area contributed by atoms with Crippen molar-refractivity contribution in [1.29, 1.82) is 0 Å². The van der Waals surface area contributed by atoms with Gasteiger partial charge in [-0.3, -0.25) is 9.78 Å². The normalized spacial score (nSPS) is 29.0. The van der Waals surface area contributed by atoms with E-state index >= 15 is 0 Å². The molecule has 1 spiro atoms.